The summed E-state index contributed by atoms with van der Waals surface area (Å²) >= 11 is 1.59. The summed E-state index contributed by atoms with van der Waals surface area (Å²) in [7, 11) is 3.77. The van der Waals surface area contributed by atoms with Crippen molar-refractivity contribution in [3.8, 4) is 0 Å². The van der Waals surface area contributed by atoms with E-state index in [9.17, 15) is 0 Å². The van der Waals surface area contributed by atoms with Gasteiger partial charge in [-0.05, 0) is 0 Å². The first-order valence-corrected chi connectivity index (χ1v) is 4.13. The normalized spacial score (nSPS) is 9.27. The molecule has 0 radical (unpaired) electrons. The Morgan fingerprint density at radius 3 is 3.00 bits per heavy atom. The number of aromatic nitrogens is 1. The van der Waals surface area contributed by atoms with Gasteiger partial charge in [-0.2, -0.15) is 0 Å². The summed E-state index contributed by atoms with van der Waals surface area (Å²) in [6.07, 6.45) is 1.78. The Morgan fingerprint density at radius 2 is 2.55 bits per heavy atom. The molecule has 0 saturated carbocycles. The number of anilines is 1. The Hall–Kier alpha value is -1.03. The molecule has 1 N–H and O–H groups in total. The van der Waals surface area contributed by atoms with Crippen molar-refractivity contribution in [2.45, 2.75) is 0 Å². The first kappa shape index (κ1) is 8.07. The lowest BCUT2D eigenvalue weighted by Gasteiger charge is -2.17. The van der Waals surface area contributed by atoms with Crippen LogP contribution in [0.2, 0.25) is 0 Å². The van der Waals surface area contributed by atoms with Crippen molar-refractivity contribution in [1.82, 2.24) is 10.3 Å². The highest BCUT2D eigenvalue weighted by Crippen LogP contribution is 2.17. The van der Waals surface area contributed by atoms with Gasteiger partial charge >= 0.3 is 0 Å². The zero-order valence-electron chi connectivity index (χ0n) is 6.66. The molecule has 0 spiro atoms. The number of hydrogen-bond donors (Lipinski definition) is 1. The van der Waals surface area contributed by atoms with E-state index >= 15 is 0 Å². The Morgan fingerprint density at radius 1 is 1.82 bits per heavy atom. The minimum Gasteiger partial charge on any atom is -0.375 e. The lowest BCUT2D eigenvalue weighted by molar-refractivity contribution is 0.905. The first-order chi connectivity index (χ1) is 5.25. The second-order valence-corrected chi connectivity index (χ2v) is 2.94. The minimum atomic E-state index is 0.847. The maximum Gasteiger partial charge on any atom is 0.190 e. The van der Waals surface area contributed by atoms with E-state index in [1.165, 1.54) is 0 Å². The fraction of sp³-hybridized carbons (Fsp3) is 0.286. The van der Waals surface area contributed by atoms with Gasteiger partial charge in [0.2, 0.25) is 0 Å². The van der Waals surface area contributed by atoms with Gasteiger partial charge in [-0.1, -0.05) is 6.58 Å². The van der Waals surface area contributed by atoms with Crippen LogP contribution in [0.1, 0.15) is 0 Å². The zero-order valence-corrected chi connectivity index (χ0v) is 7.48. The summed E-state index contributed by atoms with van der Waals surface area (Å²) < 4.78 is 0. The van der Waals surface area contributed by atoms with Crippen LogP contribution in [0, 0.1) is 0 Å². The summed E-state index contributed by atoms with van der Waals surface area (Å²) in [4.78, 5) is 6.04. The second kappa shape index (κ2) is 3.39. The van der Waals surface area contributed by atoms with Gasteiger partial charge < -0.3 is 10.2 Å². The maximum absolute atomic E-state index is 4.13. The van der Waals surface area contributed by atoms with Crippen molar-refractivity contribution >= 4 is 16.5 Å². The van der Waals surface area contributed by atoms with Gasteiger partial charge in [-0.15, -0.1) is 11.3 Å². The average Bonchev–Trinajstić information content (AvgIpc) is 2.53. The van der Waals surface area contributed by atoms with E-state index < -0.39 is 0 Å². The molecule has 1 rings (SSSR count). The Bertz CT molecular complexity index is 230. The van der Waals surface area contributed by atoms with Gasteiger partial charge in [-0.25, -0.2) is 4.98 Å². The van der Waals surface area contributed by atoms with E-state index in [1.54, 1.807) is 17.5 Å². The molecule has 0 amide bonds. The molecule has 0 aliphatic rings. The highest BCUT2D eigenvalue weighted by Gasteiger charge is 2.03. The predicted octanol–water partition coefficient (Wildman–Crippen LogP) is 1.27. The fourth-order valence-corrected chi connectivity index (χ4v) is 1.30. The van der Waals surface area contributed by atoms with Crippen LogP contribution in [0.5, 0.6) is 0 Å². The van der Waals surface area contributed by atoms with Crippen molar-refractivity contribution in [1.29, 1.82) is 0 Å². The van der Waals surface area contributed by atoms with Crippen LogP contribution in [0.25, 0.3) is 0 Å². The zero-order chi connectivity index (χ0) is 8.27. The summed E-state index contributed by atoms with van der Waals surface area (Å²) in [5.74, 6) is 0.847. The molecular weight excluding hydrogens is 158 g/mol. The van der Waals surface area contributed by atoms with Crippen molar-refractivity contribution in [2.24, 2.45) is 0 Å². The van der Waals surface area contributed by atoms with Crippen LogP contribution in [0.3, 0.4) is 0 Å². The van der Waals surface area contributed by atoms with E-state index in [4.69, 9.17) is 0 Å². The van der Waals surface area contributed by atoms with Gasteiger partial charge in [0.15, 0.2) is 5.13 Å². The van der Waals surface area contributed by atoms with Gasteiger partial charge in [0.1, 0.15) is 0 Å². The lowest BCUT2D eigenvalue weighted by Crippen LogP contribution is -2.24. The molecule has 0 aromatic carbocycles. The van der Waals surface area contributed by atoms with Crippen molar-refractivity contribution in [2.75, 3.05) is 19.0 Å². The van der Waals surface area contributed by atoms with Crippen LogP contribution in [-0.4, -0.2) is 19.1 Å². The molecular formula is C7H11N3S. The topological polar surface area (TPSA) is 28.2 Å². The van der Waals surface area contributed by atoms with Gasteiger partial charge in [0.25, 0.3) is 0 Å². The second-order valence-electron chi connectivity index (χ2n) is 2.07. The third-order valence-electron chi connectivity index (χ3n) is 1.40. The number of rotatable bonds is 3. The standard InChI is InChI=1S/C7H11N3S/c1-6(8-2)10(3)7-9-4-5-11-7/h4-5,8H,1H2,2-3H3. The van der Waals surface area contributed by atoms with E-state index in [-0.39, 0.29) is 0 Å². The van der Waals surface area contributed by atoms with Gasteiger partial charge in [-0.3, -0.25) is 0 Å². The van der Waals surface area contributed by atoms with Crippen LogP contribution in [0.4, 0.5) is 5.13 Å². The van der Waals surface area contributed by atoms with Crippen LogP contribution >= 0.6 is 11.3 Å². The Labute approximate surface area is 70.4 Å². The highest BCUT2D eigenvalue weighted by molar-refractivity contribution is 7.13. The molecule has 0 saturated heterocycles. The van der Waals surface area contributed by atoms with Crippen molar-refractivity contribution in [3.05, 3.63) is 24.0 Å². The Balaban J connectivity index is 2.70. The van der Waals surface area contributed by atoms with Gasteiger partial charge in [0, 0.05) is 25.7 Å². The molecule has 0 atom stereocenters. The summed E-state index contributed by atoms with van der Waals surface area (Å²) in [6.45, 7) is 3.81. The third kappa shape index (κ3) is 1.71. The van der Waals surface area contributed by atoms with Crippen LogP contribution < -0.4 is 10.2 Å². The van der Waals surface area contributed by atoms with Crippen molar-refractivity contribution < 1.29 is 0 Å². The molecule has 0 aliphatic heterocycles. The molecule has 0 unspecified atom stereocenters. The minimum absolute atomic E-state index is 0.847. The van der Waals surface area contributed by atoms with E-state index in [0.717, 1.165) is 11.0 Å². The average molecular weight is 169 g/mol. The summed E-state index contributed by atoms with van der Waals surface area (Å²) in [5.41, 5.74) is 0. The lowest BCUT2D eigenvalue weighted by atomic mass is 10.7. The SMILES string of the molecule is C=C(NC)N(C)c1nccs1. The van der Waals surface area contributed by atoms with E-state index in [1.807, 2.05) is 24.4 Å². The summed E-state index contributed by atoms with van der Waals surface area (Å²) in [6, 6.07) is 0. The molecule has 0 bridgehead atoms. The number of hydrogen-bond acceptors (Lipinski definition) is 4. The Kier molecular flexibility index (Phi) is 2.48. The molecule has 1 aromatic heterocycles. The molecule has 3 nitrogen and oxygen atoms in total. The molecule has 0 aliphatic carbocycles. The fourth-order valence-electron chi connectivity index (χ4n) is 0.665. The van der Waals surface area contributed by atoms with Crippen molar-refractivity contribution in [3.63, 3.8) is 0 Å². The van der Waals surface area contributed by atoms with Crippen LogP contribution in [0.15, 0.2) is 24.0 Å². The largest absolute Gasteiger partial charge is 0.375 e. The summed E-state index contributed by atoms with van der Waals surface area (Å²) in [5, 5.41) is 5.84. The smallest absolute Gasteiger partial charge is 0.190 e. The first-order valence-electron chi connectivity index (χ1n) is 3.25. The molecule has 4 heteroatoms. The number of nitrogens with one attached hydrogen (secondary N) is 1. The van der Waals surface area contributed by atoms with E-state index in [2.05, 4.69) is 16.9 Å². The monoisotopic (exact) mass is 169 g/mol. The van der Waals surface area contributed by atoms with E-state index in [0.29, 0.717) is 0 Å². The maximum atomic E-state index is 4.13. The van der Waals surface area contributed by atoms with Gasteiger partial charge in [0.05, 0.1) is 5.82 Å². The molecule has 0 fully saturated rings. The predicted molar refractivity (Wildman–Crippen MR) is 48.7 cm³/mol. The molecule has 1 aromatic rings. The number of thiazole rings is 1. The molecule has 60 valence electrons. The molecule has 1 heterocycles. The number of nitrogens with zero attached hydrogens (tertiary/aromatic N) is 2. The third-order valence-corrected chi connectivity index (χ3v) is 2.25. The van der Waals surface area contributed by atoms with Crippen LogP contribution in [-0.2, 0) is 0 Å². The quantitative estimate of drug-likeness (QED) is 0.738. The highest BCUT2D eigenvalue weighted by atomic mass is 32.1. The molecule has 11 heavy (non-hydrogen) atoms.